The van der Waals surface area contributed by atoms with Crippen LogP contribution in [0.25, 0.3) is 28.3 Å². The average molecular weight is 428 g/mol. The van der Waals surface area contributed by atoms with Gasteiger partial charge in [0.15, 0.2) is 5.78 Å². The van der Waals surface area contributed by atoms with Crippen molar-refractivity contribution in [2.75, 3.05) is 0 Å². The molecule has 3 nitrogen and oxygen atoms in total. The van der Waals surface area contributed by atoms with Crippen LogP contribution < -0.4 is 0 Å². The fourth-order valence-electron chi connectivity index (χ4n) is 2.86. The molecule has 0 fully saturated rings. The zero-order valence-electron chi connectivity index (χ0n) is 16.7. The third kappa shape index (κ3) is 4.11. The lowest BCUT2D eigenvalue weighted by Gasteiger charge is -2.14. The smallest absolute Gasteiger partial charge is 0.161 e. The molecule has 0 saturated carbocycles. The van der Waals surface area contributed by atoms with Crippen molar-refractivity contribution in [3.8, 4) is 11.3 Å². The van der Waals surface area contributed by atoms with E-state index >= 15 is 0 Å². The SMILES string of the molecule is CC(C)(C)C(=O)/C=C/c1[nH]c2ccc(Br)cc2c1-c1ccc(C(C)(C)C)o1. The van der Waals surface area contributed by atoms with Gasteiger partial charge in [-0.3, -0.25) is 4.79 Å². The van der Waals surface area contributed by atoms with Gasteiger partial charge in [0, 0.05) is 26.2 Å². The molecule has 0 unspecified atom stereocenters. The number of furan rings is 1. The van der Waals surface area contributed by atoms with Crippen LogP contribution in [0.1, 0.15) is 53.0 Å². The minimum absolute atomic E-state index is 0.0663. The Labute approximate surface area is 169 Å². The van der Waals surface area contributed by atoms with Crippen molar-refractivity contribution in [1.29, 1.82) is 0 Å². The molecule has 2 aromatic heterocycles. The summed E-state index contributed by atoms with van der Waals surface area (Å²) in [7, 11) is 0. The molecule has 3 rings (SSSR count). The number of hydrogen-bond acceptors (Lipinski definition) is 2. The van der Waals surface area contributed by atoms with Crippen molar-refractivity contribution in [3.05, 3.63) is 52.3 Å². The molecule has 0 bridgehead atoms. The first-order valence-electron chi connectivity index (χ1n) is 9.11. The highest BCUT2D eigenvalue weighted by Gasteiger charge is 2.22. The largest absolute Gasteiger partial charge is 0.460 e. The van der Waals surface area contributed by atoms with E-state index in [1.807, 2.05) is 51.1 Å². The van der Waals surface area contributed by atoms with Crippen LogP contribution in [0.3, 0.4) is 0 Å². The summed E-state index contributed by atoms with van der Waals surface area (Å²) in [5.74, 6) is 1.82. The van der Waals surface area contributed by atoms with Crippen LogP contribution in [0.2, 0.25) is 0 Å². The van der Waals surface area contributed by atoms with Crippen LogP contribution in [0.4, 0.5) is 0 Å². The van der Waals surface area contributed by atoms with E-state index in [0.29, 0.717) is 0 Å². The number of halogens is 1. The van der Waals surface area contributed by atoms with E-state index in [1.165, 1.54) is 0 Å². The van der Waals surface area contributed by atoms with Gasteiger partial charge < -0.3 is 9.40 Å². The molecular weight excluding hydrogens is 402 g/mol. The second-order valence-electron chi connectivity index (χ2n) is 8.97. The summed E-state index contributed by atoms with van der Waals surface area (Å²) in [5, 5.41) is 1.06. The molecule has 27 heavy (non-hydrogen) atoms. The van der Waals surface area contributed by atoms with Crippen LogP contribution in [0.15, 0.2) is 45.3 Å². The van der Waals surface area contributed by atoms with Crippen molar-refractivity contribution in [2.45, 2.75) is 47.0 Å². The average Bonchev–Trinajstić information content (AvgIpc) is 3.14. The quantitative estimate of drug-likeness (QED) is 0.452. The molecule has 0 saturated heterocycles. The maximum atomic E-state index is 12.4. The highest BCUT2D eigenvalue weighted by molar-refractivity contribution is 9.10. The summed E-state index contributed by atoms with van der Waals surface area (Å²) in [6, 6.07) is 10.1. The molecular formula is C23H26BrNO2. The third-order valence-corrected chi connectivity index (χ3v) is 5.02. The third-order valence-electron chi connectivity index (χ3n) is 4.52. The van der Waals surface area contributed by atoms with Crippen LogP contribution in [0.5, 0.6) is 0 Å². The van der Waals surface area contributed by atoms with Crippen LogP contribution in [-0.4, -0.2) is 10.8 Å². The van der Waals surface area contributed by atoms with Crippen molar-refractivity contribution in [1.82, 2.24) is 4.98 Å². The highest BCUT2D eigenvalue weighted by Crippen LogP contribution is 2.37. The fourth-order valence-corrected chi connectivity index (χ4v) is 3.22. The summed E-state index contributed by atoms with van der Waals surface area (Å²) < 4.78 is 7.20. The monoisotopic (exact) mass is 427 g/mol. The molecule has 0 aliphatic rings. The molecule has 1 aromatic carbocycles. The Balaban J connectivity index is 2.17. The van der Waals surface area contributed by atoms with Gasteiger partial charge in [-0.2, -0.15) is 0 Å². The van der Waals surface area contributed by atoms with Gasteiger partial charge >= 0.3 is 0 Å². The Morgan fingerprint density at radius 1 is 1.07 bits per heavy atom. The van der Waals surface area contributed by atoms with Gasteiger partial charge in [0.1, 0.15) is 11.5 Å². The molecule has 142 valence electrons. The highest BCUT2D eigenvalue weighted by atomic mass is 79.9. The first-order chi connectivity index (χ1) is 12.5. The van der Waals surface area contributed by atoms with Crippen molar-refractivity contribution < 1.29 is 9.21 Å². The van der Waals surface area contributed by atoms with Gasteiger partial charge in [-0.25, -0.2) is 0 Å². The van der Waals surface area contributed by atoms with Crippen LogP contribution >= 0.6 is 15.9 Å². The first kappa shape index (κ1) is 19.7. The Morgan fingerprint density at radius 2 is 1.78 bits per heavy atom. The number of nitrogens with one attached hydrogen (secondary N) is 1. The van der Waals surface area contributed by atoms with E-state index in [1.54, 1.807) is 6.08 Å². The molecule has 0 spiro atoms. The number of ketones is 1. The standard InChI is InChI=1S/C23H26BrNO2/c1-22(2,3)19(26)11-9-17-21(15-13-14(24)7-8-16(15)25-17)18-10-12-20(27-18)23(4,5)6/h7-13,25H,1-6H3/b11-9+. The number of carbonyl (C=O) groups excluding carboxylic acids is 1. The lowest BCUT2D eigenvalue weighted by molar-refractivity contribution is -0.121. The lowest BCUT2D eigenvalue weighted by Crippen LogP contribution is -2.17. The second-order valence-corrected chi connectivity index (χ2v) is 9.88. The summed E-state index contributed by atoms with van der Waals surface area (Å²) >= 11 is 3.56. The van der Waals surface area contributed by atoms with E-state index in [2.05, 4.69) is 47.8 Å². The predicted molar refractivity (Wildman–Crippen MR) is 116 cm³/mol. The van der Waals surface area contributed by atoms with E-state index in [-0.39, 0.29) is 11.2 Å². The van der Waals surface area contributed by atoms with E-state index in [9.17, 15) is 4.79 Å². The summed E-state index contributed by atoms with van der Waals surface area (Å²) in [6.07, 6.45) is 3.51. The Hall–Kier alpha value is -2.07. The molecule has 0 aliphatic carbocycles. The van der Waals surface area contributed by atoms with Crippen LogP contribution in [-0.2, 0) is 10.2 Å². The number of benzene rings is 1. The number of aromatic nitrogens is 1. The van der Waals surface area contributed by atoms with Gasteiger partial charge in [0.25, 0.3) is 0 Å². The second kappa shape index (κ2) is 6.83. The van der Waals surface area contributed by atoms with Crippen molar-refractivity contribution in [2.24, 2.45) is 5.41 Å². The van der Waals surface area contributed by atoms with Gasteiger partial charge in [-0.05, 0) is 42.5 Å². The number of carbonyl (C=O) groups is 1. The Bertz CT molecular complexity index is 1020. The Morgan fingerprint density at radius 3 is 2.37 bits per heavy atom. The van der Waals surface area contributed by atoms with Crippen molar-refractivity contribution >= 4 is 38.7 Å². The molecule has 1 N–H and O–H groups in total. The number of rotatable bonds is 3. The molecule has 0 radical (unpaired) electrons. The lowest BCUT2D eigenvalue weighted by atomic mass is 9.90. The molecule has 0 atom stereocenters. The molecule has 0 amide bonds. The van der Waals surface area contributed by atoms with Gasteiger partial charge in [0.05, 0.1) is 11.3 Å². The molecule has 3 aromatic rings. The number of aromatic amines is 1. The maximum Gasteiger partial charge on any atom is 0.161 e. The predicted octanol–water partition coefficient (Wildman–Crippen LogP) is 7.12. The van der Waals surface area contributed by atoms with E-state index in [0.717, 1.165) is 38.2 Å². The van der Waals surface area contributed by atoms with E-state index in [4.69, 9.17) is 4.42 Å². The minimum atomic E-state index is -0.407. The molecule has 0 aliphatic heterocycles. The Kier molecular flexibility index (Phi) is 4.98. The van der Waals surface area contributed by atoms with Crippen LogP contribution in [0, 0.1) is 5.41 Å². The fraction of sp³-hybridized carbons (Fsp3) is 0.348. The van der Waals surface area contributed by atoms with E-state index < -0.39 is 5.41 Å². The van der Waals surface area contributed by atoms with Gasteiger partial charge in [-0.15, -0.1) is 0 Å². The number of fused-ring (bicyclic) bond motifs is 1. The summed E-state index contributed by atoms with van der Waals surface area (Å²) in [4.78, 5) is 15.8. The molecule has 4 heteroatoms. The van der Waals surface area contributed by atoms with Crippen molar-refractivity contribution in [3.63, 3.8) is 0 Å². The molecule has 2 heterocycles. The normalized spacial score (nSPS) is 13.0. The maximum absolute atomic E-state index is 12.4. The summed E-state index contributed by atoms with van der Waals surface area (Å²) in [6.45, 7) is 12.2. The minimum Gasteiger partial charge on any atom is -0.460 e. The first-order valence-corrected chi connectivity index (χ1v) is 9.90. The number of allylic oxidation sites excluding steroid dienone is 1. The van der Waals surface area contributed by atoms with Gasteiger partial charge in [-0.1, -0.05) is 57.5 Å². The number of H-pyrrole nitrogens is 1. The number of hydrogen-bond donors (Lipinski definition) is 1. The summed E-state index contributed by atoms with van der Waals surface area (Å²) in [5.41, 5.74) is 2.37. The van der Waals surface area contributed by atoms with Gasteiger partial charge in [0.2, 0.25) is 0 Å². The topological polar surface area (TPSA) is 46.0 Å². The zero-order valence-corrected chi connectivity index (χ0v) is 18.3. The zero-order chi connectivity index (χ0) is 20.0.